The predicted octanol–water partition coefficient (Wildman–Crippen LogP) is 18.5. The summed E-state index contributed by atoms with van der Waals surface area (Å²) in [5, 5.41) is 7.15. The molecule has 0 N–H and O–H groups in total. The normalized spacial score (nSPS) is 11.8. The Morgan fingerprint density at radius 1 is 0.328 bits per heavy atom. The quantitative estimate of drug-likeness (QED) is 0.159. The highest BCUT2D eigenvalue weighted by atomic mass is 32.1. The molecule has 0 amide bonds. The molecule has 4 heteroatoms. The number of furan rings is 1. The van der Waals surface area contributed by atoms with Crippen LogP contribution in [0.5, 0.6) is 0 Å². The monoisotopic (exact) mass is 851 g/mol. The summed E-state index contributed by atoms with van der Waals surface area (Å²) in [4.78, 5) is 2.58. The summed E-state index contributed by atoms with van der Waals surface area (Å²) in [5.74, 6) is 0. The van der Waals surface area contributed by atoms with Gasteiger partial charge in [-0.25, -0.2) is 0 Å². The number of hydrogen-bond donors (Lipinski definition) is 0. The van der Waals surface area contributed by atoms with Crippen molar-refractivity contribution in [2.24, 2.45) is 0 Å². The Balaban J connectivity index is 1.21. The highest BCUT2D eigenvalue weighted by Crippen LogP contribution is 2.55. The van der Waals surface area contributed by atoms with E-state index in [2.05, 4.69) is 229 Å². The Hall–Kier alpha value is -7.76. The number of anilines is 3. The highest BCUT2D eigenvalue weighted by molar-refractivity contribution is 7.27. The van der Waals surface area contributed by atoms with Crippen LogP contribution in [0.1, 0.15) is 0 Å². The van der Waals surface area contributed by atoms with E-state index in [-0.39, 0.29) is 0 Å². The fourth-order valence-corrected chi connectivity index (χ4v) is 12.2. The van der Waals surface area contributed by atoms with Crippen molar-refractivity contribution in [3.63, 3.8) is 0 Å². The Morgan fingerprint density at radius 2 is 0.922 bits per heavy atom. The molecule has 0 unspecified atom stereocenters. The van der Waals surface area contributed by atoms with E-state index in [0.717, 1.165) is 72.4 Å². The second-order valence-electron chi connectivity index (χ2n) is 16.3. The zero-order valence-corrected chi connectivity index (χ0v) is 36.2. The Morgan fingerprint density at radius 3 is 1.67 bits per heavy atom. The highest BCUT2D eigenvalue weighted by Gasteiger charge is 2.29. The minimum atomic E-state index is 0.857. The lowest BCUT2D eigenvalue weighted by molar-refractivity contribution is 0.670. The van der Waals surface area contributed by atoms with E-state index in [1.165, 1.54) is 51.5 Å². The molecule has 0 atom stereocenters. The fourth-order valence-electron chi connectivity index (χ4n) is 9.78. The molecular formula is C60H37NOS2. The van der Waals surface area contributed by atoms with Gasteiger partial charge in [0.05, 0.1) is 27.1 Å². The van der Waals surface area contributed by atoms with Crippen molar-refractivity contribution in [2.75, 3.05) is 4.90 Å². The van der Waals surface area contributed by atoms with Crippen LogP contribution < -0.4 is 4.90 Å². The molecule has 0 fully saturated rings. The number of thiophene rings is 2. The van der Waals surface area contributed by atoms with Crippen molar-refractivity contribution in [2.45, 2.75) is 0 Å². The molecule has 2 nitrogen and oxygen atoms in total. The van der Waals surface area contributed by atoms with Crippen molar-refractivity contribution in [1.82, 2.24) is 0 Å². The summed E-state index contributed by atoms with van der Waals surface area (Å²) >= 11 is 3.75. The first-order valence-corrected chi connectivity index (χ1v) is 23.3. The van der Waals surface area contributed by atoms with E-state index in [0.29, 0.717) is 0 Å². The molecule has 3 heterocycles. The van der Waals surface area contributed by atoms with E-state index in [1.54, 1.807) is 0 Å². The van der Waals surface area contributed by atoms with Crippen LogP contribution in [0.2, 0.25) is 0 Å². The Labute approximate surface area is 378 Å². The summed E-state index contributed by atoms with van der Waals surface area (Å²) in [7, 11) is 0. The van der Waals surface area contributed by atoms with Gasteiger partial charge in [0.2, 0.25) is 0 Å². The molecule has 300 valence electrons. The lowest BCUT2D eigenvalue weighted by Crippen LogP contribution is -2.12. The van der Waals surface area contributed by atoms with Gasteiger partial charge in [-0.2, -0.15) is 0 Å². The van der Waals surface area contributed by atoms with Gasteiger partial charge in [-0.15, -0.1) is 22.7 Å². The zero-order chi connectivity index (χ0) is 42.1. The van der Waals surface area contributed by atoms with Crippen LogP contribution in [0.3, 0.4) is 0 Å². The molecule has 0 bridgehead atoms. The minimum absolute atomic E-state index is 0.857. The number of nitrogens with zero attached hydrogens (tertiary/aromatic N) is 1. The molecule has 0 saturated carbocycles. The van der Waals surface area contributed by atoms with Gasteiger partial charge < -0.3 is 9.32 Å². The van der Waals surface area contributed by atoms with Crippen LogP contribution in [0.15, 0.2) is 229 Å². The van der Waals surface area contributed by atoms with Crippen LogP contribution in [0.25, 0.3) is 107 Å². The maximum absolute atomic E-state index is 7.20. The second kappa shape index (κ2) is 15.0. The van der Waals surface area contributed by atoms with Crippen molar-refractivity contribution in [3.8, 4) is 44.5 Å². The summed E-state index contributed by atoms with van der Waals surface area (Å²) in [5.41, 5.74) is 14.3. The molecule has 0 saturated heterocycles. The standard InChI is InChI=1S/C60H37NOS2/c1-5-17-38(18-6-1)42-31-32-48-52(37-42)62-58-44(40-21-9-3-10-22-40)33-35-50(55(48)58)61(51-29-16-27-47-46-25-13-14-30-53(46)63-60(47)51)57-43(39-19-7-2-8-20-39)34-36-54-56(57)49-28-15-26-45(59(49)64-54)41-23-11-4-12-24-41/h1-37H. The van der Waals surface area contributed by atoms with E-state index < -0.39 is 0 Å². The first kappa shape index (κ1) is 36.9. The van der Waals surface area contributed by atoms with Gasteiger partial charge in [-0.05, 0) is 75.8 Å². The minimum Gasteiger partial charge on any atom is -0.455 e. The van der Waals surface area contributed by atoms with Gasteiger partial charge >= 0.3 is 0 Å². The maximum atomic E-state index is 7.20. The lowest BCUT2D eigenvalue weighted by atomic mass is 9.95. The summed E-state index contributed by atoms with van der Waals surface area (Å²) in [6.45, 7) is 0. The van der Waals surface area contributed by atoms with Gasteiger partial charge in [0.25, 0.3) is 0 Å². The SMILES string of the molecule is c1ccc(-c2ccc3c(c2)oc2c(-c4ccccc4)ccc(N(c4cccc5c4sc4ccccc45)c4c(-c5ccccc5)ccc5sc6c(-c7ccccc7)cccc6c45)c23)cc1. The first-order chi connectivity index (χ1) is 31.8. The summed E-state index contributed by atoms with van der Waals surface area (Å²) in [6, 6.07) is 81.5. The van der Waals surface area contributed by atoms with E-state index >= 15 is 0 Å². The summed E-state index contributed by atoms with van der Waals surface area (Å²) in [6.07, 6.45) is 0. The van der Waals surface area contributed by atoms with Crippen molar-refractivity contribution in [3.05, 3.63) is 224 Å². The van der Waals surface area contributed by atoms with E-state index in [1.807, 2.05) is 22.7 Å². The first-order valence-electron chi connectivity index (χ1n) is 21.7. The molecule has 13 rings (SSSR count). The third-order valence-electron chi connectivity index (χ3n) is 12.7. The summed E-state index contributed by atoms with van der Waals surface area (Å²) < 4.78 is 12.2. The average Bonchev–Trinajstić information content (AvgIpc) is 4.07. The van der Waals surface area contributed by atoms with Crippen LogP contribution in [-0.2, 0) is 0 Å². The number of fused-ring (bicyclic) bond motifs is 9. The molecule has 64 heavy (non-hydrogen) atoms. The third-order valence-corrected chi connectivity index (χ3v) is 15.1. The van der Waals surface area contributed by atoms with Crippen molar-refractivity contribution >= 4 is 102 Å². The van der Waals surface area contributed by atoms with E-state index in [9.17, 15) is 0 Å². The smallest absolute Gasteiger partial charge is 0.145 e. The maximum Gasteiger partial charge on any atom is 0.145 e. The lowest BCUT2D eigenvalue weighted by Gasteiger charge is -2.30. The van der Waals surface area contributed by atoms with Gasteiger partial charge in [0, 0.05) is 52.2 Å². The Kier molecular flexibility index (Phi) is 8.61. The predicted molar refractivity (Wildman–Crippen MR) is 276 cm³/mol. The largest absolute Gasteiger partial charge is 0.455 e. The molecule has 3 aromatic heterocycles. The molecule has 0 aliphatic carbocycles. The van der Waals surface area contributed by atoms with Crippen molar-refractivity contribution in [1.29, 1.82) is 0 Å². The molecule has 0 spiro atoms. The Bertz CT molecular complexity index is 3890. The molecule has 10 aromatic carbocycles. The molecule has 0 aliphatic rings. The van der Waals surface area contributed by atoms with Crippen LogP contribution in [0.4, 0.5) is 17.1 Å². The van der Waals surface area contributed by atoms with Crippen LogP contribution >= 0.6 is 22.7 Å². The number of hydrogen-bond acceptors (Lipinski definition) is 4. The van der Waals surface area contributed by atoms with Gasteiger partial charge in [-0.3, -0.25) is 0 Å². The third kappa shape index (κ3) is 5.84. The van der Waals surface area contributed by atoms with Gasteiger partial charge in [0.15, 0.2) is 0 Å². The average molecular weight is 852 g/mol. The topological polar surface area (TPSA) is 16.4 Å². The molecular weight excluding hydrogens is 815 g/mol. The number of rotatable bonds is 7. The zero-order valence-electron chi connectivity index (χ0n) is 34.5. The van der Waals surface area contributed by atoms with E-state index in [4.69, 9.17) is 4.42 Å². The molecule has 13 aromatic rings. The number of benzene rings is 10. The van der Waals surface area contributed by atoms with Gasteiger partial charge in [-0.1, -0.05) is 182 Å². The molecule has 0 aliphatic heterocycles. The van der Waals surface area contributed by atoms with Crippen LogP contribution in [0, 0.1) is 0 Å². The molecule has 0 radical (unpaired) electrons. The fraction of sp³-hybridized carbons (Fsp3) is 0. The van der Waals surface area contributed by atoms with Crippen LogP contribution in [-0.4, -0.2) is 0 Å². The van der Waals surface area contributed by atoms with Gasteiger partial charge in [0.1, 0.15) is 11.2 Å². The second-order valence-corrected chi connectivity index (χ2v) is 18.4. The van der Waals surface area contributed by atoms with Crippen molar-refractivity contribution < 1.29 is 4.42 Å².